The van der Waals surface area contributed by atoms with Gasteiger partial charge in [-0.2, -0.15) is 5.26 Å². The average molecular weight is 277 g/mol. The highest BCUT2D eigenvalue weighted by molar-refractivity contribution is 7.84. The van der Waals surface area contributed by atoms with Crippen LogP contribution in [0.2, 0.25) is 0 Å². The molecule has 1 aromatic heterocycles. The van der Waals surface area contributed by atoms with Crippen molar-refractivity contribution in [2.75, 3.05) is 6.26 Å². The topological polar surface area (TPSA) is 117 Å². The van der Waals surface area contributed by atoms with E-state index in [4.69, 9.17) is 5.26 Å². The van der Waals surface area contributed by atoms with Crippen LogP contribution in [-0.2, 0) is 10.8 Å². The van der Waals surface area contributed by atoms with Crippen LogP contribution in [0.4, 0.5) is 5.69 Å². The maximum atomic E-state index is 11.9. The molecule has 1 unspecified atom stereocenters. The fourth-order valence-corrected chi connectivity index (χ4v) is 2.44. The Morgan fingerprint density at radius 3 is 2.68 bits per heavy atom. The standard InChI is InChI=1S/C11H7N3O4S/c1-19(18)9-3-7(14(16)17)2-8-10(9)13-5-6(4-12)11(8)15/h2-3,5H,1H3,(H,13,15). The molecule has 0 radical (unpaired) electrons. The number of fused-ring (bicyclic) bond motifs is 1. The normalized spacial score (nSPS) is 12.0. The molecule has 0 saturated carbocycles. The summed E-state index contributed by atoms with van der Waals surface area (Å²) in [4.78, 5) is 24.9. The number of benzene rings is 1. The Morgan fingerprint density at radius 1 is 1.47 bits per heavy atom. The van der Waals surface area contributed by atoms with Crippen LogP contribution in [0, 0.1) is 21.4 Å². The molecule has 0 aliphatic carbocycles. The van der Waals surface area contributed by atoms with Crippen molar-refractivity contribution in [3.05, 3.63) is 44.2 Å². The first-order chi connectivity index (χ1) is 8.95. The SMILES string of the molecule is CS(=O)c1cc([N+](=O)[O-])cc2c(=O)c(C#N)c[nH]c12. The number of nitrogens with zero attached hydrogens (tertiary/aromatic N) is 2. The molecule has 8 heteroatoms. The van der Waals surface area contributed by atoms with Crippen LogP contribution in [0.15, 0.2) is 28.0 Å². The van der Waals surface area contributed by atoms with E-state index in [1.165, 1.54) is 12.5 Å². The summed E-state index contributed by atoms with van der Waals surface area (Å²) in [6.07, 6.45) is 2.56. The lowest BCUT2D eigenvalue weighted by Crippen LogP contribution is -2.09. The average Bonchev–Trinajstić information content (AvgIpc) is 2.38. The molecule has 0 spiro atoms. The zero-order chi connectivity index (χ0) is 14.2. The zero-order valence-electron chi connectivity index (χ0n) is 9.67. The molecule has 1 aromatic carbocycles. The minimum atomic E-state index is -1.50. The number of non-ortho nitro benzene ring substituents is 1. The molecule has 1 heterocycles. The smallest absolute Gasteiger partial charge is 0.271 e. The fraction of sp³-hybridized carbons (Fsp3) is 0.0909. The Balaban J connectivity index is 3.01. The van der Waals surface area contributed by atoms with Crippen LogP contribution in [0.5, 0.6) is 0 Å². The Kier molecular flexibility index (Phi) is 3.14. The van der Waals surface area contributed by atoms with Crippen LogP contribution >= 0.6 is 0 Å². The number of nitrogens with one attached hydrogen (secondary N) is 1. The quantitative estimate of drug-likeness (QED) is 0.650. The molecule has 19 heavy (non-hydrogen) atoms. The van der Waals surface area contributed by atoms with Crippen molar-refractivity contribution in [2.24, 2.45) is 0 Å². The summed E-state index contributed by atoms with van der Waals surface area (Å²) in [7, 11) is -1.50. The second-order valence-electron chi connectivity index (χ2n) is 3.72. The minimum Gasteiger partial charge on any atom is -0.359 e. The van der Waals surface area contributed by atoms with E-state index in [2.05, 4.69) is 4.98 Å². The Hall–Kier alpha value is -2.53. The number of pyridine rings is 1. The summed E-state index contributed by atoms with van der Waals surface area (Å²) in [5.41, 5.74) is -0.860. The number of rotatable bonds is 2. The van der Waals surface area contributed by atoms with Gasteiger partial charge in [0.1, 0.15) is 11.6 Å². The van der Waals surface area contributed by atoms with Gasteiger partial charge in [-0.15, -0.1) is 0 Å². The molecule has 1 N–H and O–H groups in total. The van der Waals surface area contributed by atoms with Crippen LogP contribution in [0.3, 0.4) is 0 Å². The summed E-state index contributed by atoms with van der Waals surface area (Å²) < 4.78 is 11.6. The van der Waals surface area contributed by atoms with Gasteiger partial charge in [-0.05, 0) is 0 Å². The molecule has 0 saturated heterocycles. The van der Waals surface area contributed by atoms with Crippen LogP contribution in [-0.4, -0.2) is 20.4 Å². The van der Waals surface area contributed by atoms with E-state index in [9.17, 15) is 19.1 Å². The largest absolute Gasteiger partial charge is 0.359 e. The van der Waals surface area contributed by atoms with Gasteiger partial charge in [0.2, 0.25) is 5.43 Å². The molecule has 0 aliphatic rings. The number of aromatic nitrogens is 1. The minimum absolute atomic E-state index is 0.0153. The maximum Gasteiger partial charge on any atom is 0.271 e. The number of H-pyrrole nitrogens is 1. The lowest BCUT2D eigenvalue weighted by atomic mass is 10.1. The Morgan fingerprint density at radius 2 is 2.16 bits per heavy atom. The van der Waals surface area contributed by atoms with Crippen molar-refractivity contribution < 1.29 is 9.13 Å². The predicted molar refractivity (Wildman–Crippen MR) is 68.3 cm³/mol. The van der Waals surface area contributed by atoms with Gasteiger partial charge in [0.25, 0.3) is 5.69 Å². The molecule has 2 aromatic rings. The lowest BCUT2D eigenvalue weighted by Gasteiger charge is -2.04. The van der Waals surface area contributed by atoms with Gasteiger partial charge < -0.3 is 4.98 Å². The molecular formula is C11H7N3O4S. The monoisotopic (exact) mass is 277 g/mol. The van der Waals surface area contributed by atoms with Crippen LogP contribution in [0.25, 0.3) is 10.9 Å². The van der Waals surface area contributed by atoms with Crippen LogP contribution in [0.1, 0.15) is 5.56 Å². The van der Waals surface area contributed by atoms with E-state index >= 15 is 0 Å². The number of nitro benzene ring substituents is 1. The van der Waals surface area contributed by atoms with Crippen LogP contribution < -0.4 is 5.43 Å². The van der Waals surface area contributed by atoms with Crippen molar-refractivity contribution in [1.82, 2.24) is 4.98 Å². The van der Waals surface area contributed by atoms with Gasteiger partial charge in [0.15, 0.2) is 0 Å². The molecule has 0 amide bonds. The highest BCUT2D eigenvalue weighted by Crippen LogP contribution is 2.24. The molecule has 1 atom stereocenters. The molecule has 0 aliphatic heterocycles. The highest BCUT2D eigenvalue weighted by atomic mass is 32.2. The zero-order valence-corrected chi connectivity index (χ0v) is 10.5. The number of aromatic amines is 1. The van der Waals surface area contributed by atoms with Crippen molar-refractivity contribution in [3.8, 4) is 6.07 Å². The second kappa shape index (κ2) is 4.62. The molecular weight excluding hydrogens is 270 g/mol. The number of hydrogen-bond acceptors (Lipinski definition) is 5. The van der Waals surface area contributed by atoms with Gasteiger partial charge >= 0.3 is 0 Å². The third-order valence-electron chi connectivity index (χ3n) is 2.58. The van der Waals surface area contributed by atoms with E-state index in [0.29, 0.717) is 0 Å². The van der Waals surface area contributed by atoms with E-state index < -0.39 is 21.2 Å². The van der Waals surface area contributed by atoms with Crippen molar-refractivity contribution in [1.29, 1.82) is 5.26 Å². The first-order valence-electron chi connectivity index (χ1n) is 5.03. The molecule has 0 fully saturated rings. The van der Waals surface area contributed by atoms with Crippen molar-refractivity contribution in [3.63, 3.8) is 0 Å². The van der Waals surface area contributed by atoms with Gasteiger partial charge in [-0.1, -0.05) is 0 Å². The second-order valence-corrected chi connectivity index (χ2v) is 5.07. The van der Waals surface area contributed by atoms with E-state index in [1.54, 1.807) is 6.07 Å². The van der Waals surface area contributed by atoms with Gasteiger partial charge in [-0.3, -0.25) is 19.1 Å². The number of nitro groups is 1. The Bertz CT molecular complexity index is 819. The van der Waals surface area contributed by atoms with Crippen molar-refractivity contribution in [2.45, 2.75) is 4.90 Å². The van der Waals surface area contributed by atoms with E-state index in [0.717, 1.165) is 12.1 Å². The molecule has 2 rings (SSSR count). The first-order valence-corrected chi connectivity index (χ1v) is 6.59. The van der Waals surface area contributed by atoms with Gasteiger partial charge in [0.05, 0.1) is 31.5 Å². The van der Waals surface area contributed by atoms with E-state index in [1.807, 2.05) is 0 Å². The third kappa shape index (κ3) is 2.11. The molecule has 7 nitrogen and oxygen atoms in total. The summed E-state index contributed by atoms with van der Waals surface area (Å²) >= 11 is 0. The summed E-state index contributed by atoms with van der Waals surface area (Å²) in [5, 5.41) is 19.6. The first kappa shape index (κ1) is 12.9. The fourth-order valence-electron chi connectivity index (χ4n) is 1.70. The molecule has 96 valence electrons. The summed E-state index contributed by atoms with van der Waals surface area (Å²) in [6, 6.07) is 3.92. The molecule has 0 bridgehead atoms. The van der Waals surface area contributed by atoms with Crippen molar-refractivity contribution >= 4 is 27.4 Å². The summed E-state index contributed by atoms with van der Waals surface area (Å²) in [5.74, 6) is 0. The van der Waals surface area contributed by atoms with Gasteiger partial charge in [0, 0.05) is 24.6 Å². The summed E-state index contributed by atoms with van der Waals surface area (Å²) in [6.45, 7) is 0. The third-order valence-corrected chi connectivity index (χ3v) is 3.52. The lowest BCUT2D eigenvalue weighted by molar-refractivity contribution is -0.384. The number of hydrogen-bond donors (Lipinski definition) is 1. The predicted octanol–water partition coefficient (Wildman–Crippen LogP) is 1.05. The van der Waals surface area contributed by atoms with E-state index in [-0.39, 0.29) is 27.0 Å². The highest BCUT2D eigenvalue weighted by Gasteiger charge is 2.17. The Labute approximate surface area is 109 Å². The van der Waals surface area contributed by atoms with Gasteiger partial charge in [-0.25, -0.2) is 0 Å². The maximum absolute atomic E-state index is 11.9. The number of nitriles is 1.